The van der Waals surface area contributed by atoms with Crippen LogP contribution >= 0.6 is 0 Å². The molecule has 0 atom stereocenters. The fourth-order valence-electron chi connectivity index (χ4n) is 0.677. The highest BCUT2D eigenvalue weighted by atomic mass is 16.1. The summed E-state index contributed by atoms with van der Waals surface area (Å²) in [4.78, 5) is 10.5. The number of carbonyl (C=O) groups excluding carboxylic acids is 1. The van der Waals surface area contributed by atoms with E-state index in [1.54, 1.807) is 4.57 Å². The number of amides is 1. The minimum atomic E-state index is -0.542. The lowest BCUT2D eigenvalue weighted by atomic mass is 10.5. The van der Waals surface area contributed by atoms with Gasteiger partial charge in [0.25, 0.3) is 5.91 Å². The summed E-state index contributed by atoms with van der Waals surface area (Å²) < 4.78 is 1.59. The van der Waals surface area contributed by atoms with Gasteiger partial charge in [-0.2, -0.15) is 0 Å². The average molecular weight is 140 g/mol. The van der Waals surface area contributed by atoms with Gasteiger partial charge in [0, 0.05) is 6.54 Å². The number of hydrogen-bond acceptors (Lipinski definition) is 3. The van der Waals surface area contributed by atoms with Crippen LogP contribution in [-0.2, 0) is 6.54 Å². The minimum absolute atomic E-state index is 0.211. The van der Waals surface area contributed by atoms with Crippen molar-refractivity contribution in [3.63, 3.8) is 0 Å². The molecular formula is C5H8N4O. The highest BCUT2D eigenvalue weighted by Gasteiger charge is 2.06. The molecule has 0 saturated heterocycles. The Balaban J connectivity index is 3.01. The number of primary amides is 1. The number of carbonyl (C=O) groups is 1. The van der Waals surface area contributed by atoms with E-state index in [0.29, 0.717) is 6.54 Å². The van der Waals surface area contributed by atoms with Gasteiger partial charge in [0.05, 0.1) is 0 Å². The van der Waals surface area contributed by atoms with Crippen molar-refractivity contribution in [2.75, 3.05) is 0 Å². The maximum atomic E-state index is 10.5. The highest BCUT2D eigenvalue weighted by molar-refractivity contribution is 5.88. The summed E-state index contributed by atoms with van der Waals surface area (Å²) in [7, 11) is 0. The molecule has 1 aromatic heterocycles. The molecule has 5 heteroatoms. The fourth-order valence-corrected chi connectivity index (χ4v) is 0.677. The minimum Gasteiger partial charge on any atom is -0.363 e. The van der Waals surface area contributed by atoms with E-state index in [9.17, 15) is 4.79 Å². The Morgan fingerprint density at radius 1 is 1.90 bits per heavy atom. The summed E-state index contributed by atoms with van der Waals surface area (Å²) in [6.45, 7) is 2.54. The quantitative estimate of drug-likeness (QED) is 0.595. The van der Waals surface area contributed by atoms with E-state index in [0.717, 1.165) is 0 Å². The Hall–Kier alpha value is -1.39. The SMILES string of the molecule is CCn1cnnc1C(N)=O. The number of hydrogen-bond donors (Lipinski definition) is 1. The fraction of sp³-hybridized carbons (Fsp3) is 0.400. The second kappa shape index (κ2) is 2.47. The number of rotatable bonds is 2. The van der Waals surface area contributed by atoms with Crippen LogP contribution in [0.15, 0.2) is 6.33 Å². The monoisotopic (exact) mass is 140 g/mol. The van der Waals surface area contributed by atoms with Crippen molar-refractivity contribution in [1.29, 1.82) is 0 Å². The van der Waals surface area contributed by atoms with Crippen LogP contribution in [0.3, 0.4) is 0 Å². The van der Waals surface area contributed by atoms with Crippen molar-refractivity contribution in [2.24, 2.45) is 5.73 Å². The van der Waals surface area contributed by atoms with Crippen molar-refractivity contribution < 1.29 is 4.79 Å². The van der Waals surface area contributed by atoms with Crippen LogP contribution < -0.4 is 5.73 Å². The predicted molar refractivity (Wildman–Crippen MR) is 34.2 cm³/mol. The van der Waals surface area contributed by atoms with Gasteiger partial charge in [-0.3, -0.25) is 4.79 Å². The Kier molecular flexibility index (Phi) is 1.66. The molecule has 5 nitrogen and oxygen atoms in total. The van der Waals surface area contributed by atoms with Gasteiger partial charge in [0.15, 0.2) is 0 Å². The molecule has 0 bridgehead atoms. The first kappa shape index (κ1) is 6.73. The van der Waals surface area contributed by atoms with Crippen LogP contribution in [0, 0.1) is 0 Å². The zero-order chi connectivity index (χ0) is 7.56. The molecule has 0 unspecified atom stereocenters. The van der Waals surface area contributed by atoms with Crippen LogP contribution in [-0.4, -0.2) is 20.7 Å². The first-order valence-electron chi connectivity index (χ1n) is 2.93. The Morgan fingerprint density at radius 2 is 2.60 bits per heavy atom. The maximum absolute atomic E-state index is 10.5. The van der Waals surface area contributed by atoms with Gasteiger partial charge in [0.1, 0.15) is 6.33 Å². The Bertz CT molecular complexity index is 242. The molecule has 1 rings (SSSR count). The van der Waals surface area contributed by atoms with Gasteiger partial charge in [-0.15, -0.1) is 10.2 Å². The molecule has 0 spiro atoms. The summed E-state index contributed by atoms with van der Waals surface area (Å²) in [6.07, 6.45) is 1.47. The van der Waals surface area contributed by atoms with Crippen molar-refractivity contribution in [1.82, 2.24) is 14.8 Å². The molecule has 0 aliphatic carbocycles. The molecule has 2 N–H and O–H groups in total. The van der Waals surface area contributed by atoms with Crippen LogP contribution in [0.5, 0.6) is 0 Å². The normalized spacial score (nSPS) is 9.70. The summed E-state index contributed by atoms with van der Waals surface area (Å²) in [5.74, 6) is -0.332. The third-order valence-electron chi connectivity index (χ3n) is 1.18. The predicted octanol–water partition coefficient (Wildman–Crippen LogP) is -0.603. The van der Waals surface area contributed by atoms with E-state index in [1.807, 2.05) is 6.92 Å². The van der Waals surface area contributed by atoms with Crippen LogP contribution in [0.1, 0.15) is 17.5 Å². The van der Waals surface area contributed by atoms with Gasteiger partial charge in [-0.25, -0.2) is 0 Å². The largest absolute Gasteiger partial charge is 0.363 e. The van der Waals surface area contributed by atoms with Gasteiger partial charge in [0.2, 0.25) is 5.82 Å². The molecule has 0 aliphatic rings. The molecule has 1 aromatic rings. The van der Waals surface area contributed by atoms with Crippen LogP contribution in [0.4, 0.5) is 0 Å². The zero-order valence-electron chi connectivity index (χ0n) is 5.61. The van der Waals surface area contributed by atoms with Crippen molar-refractivity contribution >= 4 is 5.91 Å². The van der Waals surface area contributed by atoms with E-state index in [1.165, 1.54) is 6.33 Å². The third kappa shape index (κ3) is 0.975. The average Bonchev–Trinajstić information content (AvgIpc) is 2.33. The number of aryl methyl sites for hydroxylation is 1. The van der Waals surface area contributed by atoms with Crippen LogP contribution in [0.25, 0.3) is 0 Å². The summed E-state index contributed by atoms with van der Waals surface area (Å²) in [5, 5.41) is 7.05. The molecule has 0 aliphatic heterocycles. The lowest BCUT2D eigenvalue weighted by molar-refractivity contribution is 0.0986. The smallest absolute Gasteiger partial charge is 0.286 e. The second-order valence-electron chi connectivity index (χ2n) is 1.80. The number of nitrogens with two attached hydrogens (primary N) is 1. The molecule has 0 saturated carbocycles. The third-order valence-corrected chi connectivity index (χ3v) is 1.18. The molecule has 10 heavy (non-hydrogen) atoms. The van der Waals surface area contributed by atoms with E-state index >= 15 is 0 Å². The standard InChI is InChI=1S/C5H8N4O/c1-2-9-3-7-8-5(9)4(6)10/h3H,2H2,1H3,(H2,6,10). The first-order valence-corrected chi connectivity index (χ1v) is 2.93. The molecule has 0 fully saturated rings. The topological polar surface area (TPSA) is 73.8 Å². The lowest BCUT2D eigenvalue weighted by Gasteiger charge is -1.95. The number of nitrogens with zero attached hydrogens (tertiary/aromatic N) is 3. The molecular weight excluding hydrogens is 132 g/mol. The number of aromatic nitrogens is 3. The van der Waals surface area contributed by atoms with Gasteiger partial charge in [-0.05, 0) is 6.92 Å². The highest BCUT2D eigenvalue weighted by Crippen LogP contribution is 1.91. The van der Waals surface area contributed by atoms with E-state index < -0.39 is 5.91 Å². The van der Waals surface area contributed by atoms with Crippen molar-refractivity contribution in [3.8, 4) is 0 Å². The van der Waals surface area contributed by atoms with Gasteiger partial charge < -0.3 is 10.3 Å². The molecule has 0 radical (unpaired) electrons. The maximum Gasteiger partial charge on any atom is 0.286 e. The van der Waals surface area contributed by atoms with E-state index in [4.69, 9.17) is 5.73 Å². The van der Waals surface area contributed by atoms with Crippen molar-refractivity contribution in [3.05, 3.63) is 12.2 Å². The summed E-state index contributed by atoms with van der Waals surface area (Å²) >= 11 is 0. The Morgan fingerprint density at radius 3 is 3.00 bits per heavy atom. The van der Waals surface area contributed by atoms with Gasteiger partial charge in [-0.1, -0.05) is 0 Å². The zero-order valence-corrected chi connectivity index (χ0v) is 5.61. The second-order valence-corrected chi connectivity index (χ2v) is 1.80. The summed E-state index contributed by atoms with van der Waals surface area (Å²) in [5.41, 5.74) is 4.97. The Labute approximate surface area is 57.9 Å². The molecule has 1 amide bonds. The summed E-state index contributed by atoms with van der Waals surface area (Å²) in [6, 6.07) is 0. The molecule has 54 valence electrons. The van der Waals surface area contributed by atoms with Gasteiger partial charge >= 0.3 is 0 Å². The molecule has 1 heterocycles. The first-order chi connectivity index (χ1) is 4.75. The van der Waals surface area contributed by atoms with E-state index in [2.05, 4.69) is 10.2 Å². The van der Waals surface area contributed by atoms with Crippen molar-refractivity contribution in [2.45, 2.75) is 13.5 Å². The lowest BCUT2D eigenvalue weighted by Crippen LogP contribution is -2.17. The van der Waals surface area contributed by atoms with Crippen LogP contribution in [0.2, 0.25) is 0 Å². The van der Waals surface area contributed by atoms with E-state index in [-0.39, 0.29) is 5.82 Å². The molecule has 0 aromatic carbocycles.